The molecule has 1 aromatic rings. The van der Waals surface area contributed by atoms with E-state index < -0.39 is 0 Å². The lowest BCUT2D eigenvalue weighted by molar-refractivity contribution is -0.903. The summed E-state index contributed by atoms with van der Waals surface area (Å²) in [5.74, 6) is 1.09. The Labute approximate surface area is 121 Å². The molecule has 1 N–H and O–H groups in total. The second-order valence-corrected chi connectivity index (χ2v) is 6.20. The minimum absolute atomic E-state index is 0.0284. The molecule has 1 rings (SSSR count). The largest absolute Gasteiger partial charge is 0.326 e. The molecule has 0 fully saturated rings. The summed E-state index contributed by atoms with van der Waals surface area (Å²) in [5.41, 5.74) is 0.861. The molecule has 0 unspecified atom stereocenters. The van der Waals surface area contributed by atoms with E-state index in [4.69, 9.17) is 0 Å². The first-order valence-electron chi connectivity index (χ1n) is 6.83. The monoisotopic (exact) mass is 281 g/mol. The van der Waals surface area contributed by atoms with Gasteiger partial charge in [-0.2, -0.15) is 0 Å². The molecule has 0 spiro atoms. The highest BCUT2D eigenvalue weighted by Crippen LogP contribution is 2.21. The minimum Gasteiger partial charge on any atom is -0.326 e. The van der Waals surface area contributed by atoms with E-state index >= 15 is 0 Å². The van der Waals surface area contributed by atoms with Gasteiger partial charge in [-0.15, -0.1) is 11.8 Å². The van der Waals surface area contributed by atoms with Crippen LogP contribution in [0.2, 0.25) is 0 Å². The standard InChI is InChI=1S/C15H24N2OS/c1-5-17(4,6-2)11-12-19-15-9-7-14(8-10-15)16-13(3)18/h7-10H,5-6,11-12H2,1-4H3/p+1. The quantitative estimate of drug-likeness (QED) is 0.614. The van der Waals surface area contributed by atoms with Crippen LogP contribution in [0.5, 0.6) is 0 Å². The summed E-state index contributed by atoms with van der Waals surface area (Å²) in [7, 11) is 2.31. The maximum atomic E-state index is 10.9. The summed E-state index contributed by atoms with van der Waals surface area (Å²) in [6.07, 6.45) is 0. The number of carbonyl (C=O) groups is 1. The fourth-order valence-corrected chi connectivity index (χ4v) is 2.86. The molecular formula is C15H25N2OS+. The molecule has 106 valence electrons. The van der Waals surface area contributed by atoms with Crippen molar-refractivity contribution in [1.82, 2.24) is 0 Å². The Kier molecular flexibility index (Phi) is 6.38. The van der Waals surface area contributed by atoms with Gasteiger partial charge >= 0.3 is 0 Å². The zero-order valence-electron chi connectivity index (χ0n) is 12.4. The summed E-state index contributed by atoms with van der Waals surface area (Å²) >= 11 is 1.88. The van der Waals surface area contributed by atoms with Crippen LogP contribution in [0.25, 0.3) is 0 Å². The van der Waals surface area contributed by atoms with Crippen molar-refractivity contribution >= 4 is 23.4 Å². The highest BCUT2D eigenvalue weighted by molar-refractivity contribution is 7.99. The van der Waals surface area contributed by atoms with E-state index in [1.807, 2.05) is 23.9 Å². The number of rotatable bonds is 7. The third-order valence-electron chi connectivity index (χ3n) is 3.60. The lowest BCUT2D eigenvalue weighted by Crippen LogP contribution is -2.45. The van der Waals surface area contributed by atoms with E-state index in [0.29, 0.717) is 0 Å². The molecule has 1 aromatic carbocycles. The molecular weight excluding hydrogens is 256 g/mol. The zero-order valence-corrected chi connectivity index (χ0v) is 13.2. The Morgan fingerprint density at radius 1 is 1.21 bits per heavy atom. The zero-order chi connectivity index (χ0) is 14.3. The number of nitrogens with zero attached hydrogens (tertiary/aromatic N) is 1. The molecule has 0 aliphatic heterocycles. The van der Waals surface area contributed by atoms with Crippen LogP contribution in [0.3, 0.4) is 0 Å². The Bertz CT molecular complexity index is 399. The molecule has 0 saturated carbocycles. The molecule has 1 amide bonds. The number of quaternary nitrogens is 1. The van der Waals surface area contributed by atoms with Crippen molar-refractivity contribution in [3.05, 3.63) is 24.3 Å². The maximum Gasteiger partial charge on any atom is 0.221 e. The van der Waals surface area contributed by atoms with Gasteiger partial charge in [0, 0.05) is 23.3 Å². The van der Waals surface area contributed by atoms with E-state index in [1.165, 1.54) is 31.5 Å². The van der Waals surface area contributed by atoms with Crippen molar-refractivity contribution in [2.75, 3.05) is 37.8 Å². The lowest BCUT2D eigenvalue weighted by atomic mass is 10.3. The van der Waals surface area contributed by atoms with Crippen molar-refractivity contribution in [1.29, 1.82) is 0 Å². The summed E-state index contributed by atoms with van der Waals surface area (Å²) in [4.78, 5) is 12.2. The van der Waals surface area contributed by atoms with Crippen molar-refractivity contribution in [3.63, 3.8) is 0 Å². The average Bonchev–Trinajstić information content (AvgIpc) is 2.40. The summed E-state index contributed by atoms with van der Waals surface area (Å²) in [6, 6.07) is 8.05. The third kappa shape index (κ3) is 5.66. The Morgan fingerprint density at radius 3 is 2.26 bits per heavy atom. The normalized spacial score (nSPS) is 11.4. The lowest BCUT2D eigenvalue weighted by Gasteiger charge is -2.31. The highest BCUT2D eigenvalue weighted by Gasteiger charge is 2.15. The molecule has 0 aliphatic rings. The van der Waals surface area contributed by atoms with E-state index in [-0.39, 0.29) is 5.91 Å². The van der Waals surface area contributed by atoms with Crippen molar-refractivity contribution < 1.29 is 9.28 Å². The predicted molar refractivity (Wildman–Crippen MR) is 83.6 cm³/mol. The fraction of sp³-hybridized carbons (Fsp3) is 0.533. The van der Waals surface area contributed by atoms with Crippen molar-refractivity contribution in [3.8, 4) is 0 Å². The number of hydrogen-bond acceptors (Lipinski definition) is 2. The van der Waals surface area contributed by atoms with E-state index in [1.54, 1.807) is 0 Å². The molecule has 0 heterocycles. The first kappa shape index (κ1) is 16.1. The second kappa shape index (κ2) is 7.56. The molecule has 3 nitrogen and oxygen atoms in total. The van der Waals surface area contributed by atoms with E-state index in [2.05, 4.69) is 38.3 Å². The van der Waals surface area contributed by atoms with Crippen LogP contribution >= 0.6 is 11.8 Å². The van der Waals surface area contributed by atoms with Crippen LogP contribution in [0.4, 0.5) is 5.69 Å². The molecule has 0 aliphatic carbocycles. The summed E-state index contributed by atoms with van der Waals surface area (Å²) < 4.78 is 1.12. The molecule has 0 saturated heterocycles. The van der Waals surface area contributed by atoms with Gasteiger partial charge in [0.05, 0.1) is 26.7 Å². The summed E-state index contributed by atoms with van der Waals surface area (Å²) in [5, 5.41) is 2.78. The van der Waals surface area contributed by atoms with Gasteiger partial charge in [-0.05, 0) is 38.1 Å². The van der Waals surface area contributed by atoms with E-state index in [9.17, 15) is 4.79 Å². The number of thioether (sulfide) groups is 1. The van der Waals surface area contributed by atoms with Gasteiger partial charge in [0.25, 0.3) is 0 Å². The first-order chi connectivity index (χ1) is 8.99. The van der Waals surface area contributed by atoms with Crippen LogP contribution in [0.1, 0.15) is 20.8 Å². The van der Waals surface area contributed by atoms with Crippen LogP contribution in [0.15, 0.2) is 29.2 Å². The van der Waals surface area contributed by atoms with Crippen molar-refractivity contribution in [2.24, 2.45) is 0 Å². The smallest absolute Gasteiger partial charge is 0.221 e. The number of anilines is 1. The Morgan fingerprint density at radius 2 is 1.79 bits per heavy atom. The Hall–Kier alpha value is -1.00. The van der Waals surface area contributed by atoms with Crippen LogP contribution < -0.4 is 5.32 Å². The maximum absolute atomic E-state index is 10.9. The van der Waals surface area contributed by atoms with Gasteiger partial charge in [-0.25, -0.2) is 0 Å². The topological polar surface area (TPSA) is 29.1 Å². The van der Waals surface area contributed by atoms with Gasteiger partial charge in [0.1, 0.15) is 0 Å². The van der Waals surface area contributed by atoms with Gasteiger partial charge in [0.2, 0.25) is 5.91 Å². The summed E-state index contributed by atoms with van der Waals surface area (Å²) in [6.45, 7) is 9.56. The third-order valence-corrected chi connectivity index (χ3v) is 4.59. The molecule has 19 heavy (non-hydrogen) atoms. The second-order valence-electron chi connectivity index (χ2n) is 5.03. The van der Waals surface area contributed by atoms with Gasteiger partial charge in [-0.1, -0.05) is 0 Å². The predicted octanol–water partition coefficient (Wildman–Crippen LogP) is 3.22. The van der Waals surface area contributed by atoms with Crippen molar-refractivity contribution in [2.45, 2.75) is 25.7 Å². The molecule has 0 atom stereocenters. The van der Waals surface area contributed by atoms with Crippen LogP contribution in [-0.2, 0) is 4.79 Å². The average molecular weight is 281 g/mol. The number of benzene rings is 1. The van der Waals surface area contributed by atoms with Crippen LogP contribution in [0, 0.1) is 0 Å². The number of amides is 1. The molecule has 0 aromatic heterocycles. The SMILES string of the molecule is CC[N+](C)(CC)CCSc1ccc(NC(C)=O)cc1. The minimum atomic E-state index is -0.0284. The molecule has 0 bridgehead atoms. The number of carbonyl (C=O) groups excluding carboxylic acids is 1. The van der Waals surface area contributed by atoms with Gasteiger partial charge in [-0.3, -0.25) is 4.79 Å². The van der Waals surface area contributed by atoms with Gasteiger partial charge < -0.3 is 9.80 Å². The first-order valence-corrected chi connectivity index (χ1v) is 7.81. The number of nitrogens with one attached hydrogen (secondary N) is 1. The number of hydrogen-bond donors (Lipinski definition) is 1. The van der Waals surface area contributed by atoms with E-state index in [0.717, 1.165) is 15.9 Å². The van der Waals surface area contributed by atoms with Gasteiger partial charge in [0.15, 0.2) is 0 Å². The fourth-order valence-electron chi connectivity index (χ4n) is 1.76. The highest BCUT2D eigenvalue weighted by atomic mass is 32.2. The molecule has 0 radical (unpaired) electrons. The van der Waals surface area contributed by atoms with Crippen LogP contribution in [-0.4, -0.2) is 42.8 Å². The molecule has 4 heteroatoms. The Balaban J connectivity index is 2.44.